The average molecular weight is 385 g/mol. The minimum atomic E-state index is -0.439. The van der Waals surface area contributed by atoms with E-state index in [0.29, 0.717) is 12.3 Å². The standard InChI is InChI=1S/C19H17BrN2O2/c1-2-11-24-18-9-3-14(4-10-18)12-15(13-21)19(23)22-17-7-5-16(20)6-8-17/h3-10,12H,2,11H2,1H3,(H,22,23)/b15-12+. The number of nitrogens with zero attached hydrogens (tertiary/aromatic N) is 1. The van der Waals surface area contributed by atoms with Crippen molar-refractivity contribution in [1.82, 2.24) is 0 Å². The van der Waals surface area contributed by atoms with Crippen LogP contribution in [0.4, 0.5) is 5.69 Å². The Hall–Kier alpha value is -2.58. The number of carbonyl (C=O) groups excluding carboxylic acids is 1. The molecule has 122 valence electrons. The third-order valence-electron chi connectivity index (χ3n) is 3.13. The Bertz CT molecular complexity index is 759. The maximum Gasteiger partial charge on any atom is 0.266 e. The number of hydrogen-bond donors (Lipinski definition) is 1. The first-order valence-electron chi connectivity index (χ1n) is 7.54. The molecule has 5 heteroatoms. The van der Waals surface area contributed by atoms with Crippen LogP contribution in [0.15, 0.2) is 58.6 Å². The van der Waals surface area contributed by atoms with Crippen LogP contribution in [0.2, 0.25) is 0 Å². The van der Waals surface area contributed by atoms with E-state index in [-0.39, 0.29) is 5.57 Å². The molecular weight excluding hydrogens is 368 g/mol. The van der Waals surface area contributed by atoms with Crippen LogP contribution in [0.5, 0.6) is 5.75 Å². The topological polar surface area (TPSA) is 62.1 Å². The SMILES string of the molecule is CCCOc1ccc(/C=C(\C#N)C(=O)Nc2ccc(Br)cc2)cc1. The van der Waals surface area contributed by atoms with Crippen LogP contribution in [0, 0.1) is 11.3 Å². The summed E-state index contributed by atoms with van der Waals surface area (Å²) < 4.78 is 6.43. The second-order valence-electron chi connectivity index (χ2n) is 5.05. The number of nitrogens with one attached hydrogen (secondary N) is 1. The maximum absolute atomic E-state index is 12.2. The molecule has 0 unspecified atom stereocenters. The number of benzene rings is 2. The highest BCUT2D eigenvalue weighted by atomic mass is 79.9. The summed E-state index contributed by atoms with van der Waals surface area (Å²) in [7, 11) is 0. The van der Waals surface area contributed by atoms with Gasteiger partial charge in [0.15, 0.2) is 0 Å². The fourth-order valence-electron chi connectivity index (χ4n) is 1.93. The molecular formula is C19H17BrN2O2. The van der Waals surface area contributed by atoms with Crippen LogP contribution in [-0.4, -0.2) is 12.5 Å². The van der Waals surface area contributed by atoms with Crippen molar-refractivity contribution >= 4 is 33.6 Å². The summed E-state index contributed by atoms with van der Waals surface area (Å²) in [5, 5.41) is 11.9. The Morgan fingerprint density at radius 1 is 1.21 bits per heavy atom. The number of anilines is 1. The fourth-order valence-corrected chi connectivity index (χ4v) is 2.19. The lowest BCUT2D eigenvalue weighted by Gasteiger charge is -2.06. The molecule has 0 aliphatic carbocycles. The molecule has 0 aliphatic heterocycles. The van der Waals surface area contributed by atoms with Crippen molar-refractivity contribution < 1.29 is 9.53 Å². The first kappa shape index (κ1) is 17.8. The lowest BCUT2D eigenvalue weighted by atomic mass is 10.1. The molecule has 0 fully saturated rings. The summed E-state index contributed by atoms with van der Waals surface area (Å²) >= 11 is 3.33. The number of carbonyl (C=O) groups is 1. The molecule has 1 N–H and O–H groups in total. The van der Waals surface area contributed by atoms with Gasteiger partial charge in [-0.05, 0) is 54.5 Å². The summed E-state index contributed by atoms with van der Waals surface area (Å²) in [4.78, 5) is 12.2. The van der Waals surface area contributed by atoms with Crippen molar-refractivity contribution in [3.05, 3.63) is 64.1 Å². The highest BCUT2D eigenvalue weighted by Gasteiger charge is 2.09. The molecule has 2 aromatic carbocycles. The zero-order valence-corrected chi connectivity index (χ0v) is 14.8. The van der Waals surface area contributed by atoms with E-state index in [1.54, 1.807) is 18.2 Å². The fraction of sp³-hybridized carbons (Fsp3) is 0.158. The van der Waals surface area contributed by atoms with E-state index in [0.717, 1.165) is 22.2 Å². The normalized spacial score (nSPS) is 10.8. The van der Waals surface area contributed by atoms with Gasteiger partial charge < -0.3 is 10.1 Å². The molecule has 1 amide bonds. The van der Waals surface area contributed by atoms with Crippen molar-refractivity contribution in [1.29, 1.82) is 5.26 Å². The van der Waals surface area contributed by atoms with Crippen molar-refractivity contribution in [2.24, 2.45) is 0 Å². The van der Waals surface area contributed by atoms with Crippen LogP contribution < -0.4 is 10.1 Å². The smallest absolute Gasteiger partial charge is 0.266 e. The molecule has 24 heavy (non-hydrogen) atoms. The lowest BCUT2D eigenvalue weighted by Crippen LogP contribution is -2.13. The van der Waals surface area contributed by atoms with Gasteiger partial charge in [0, 0.05) is 10.2 Å². The van der Waals surface area contributed by atoms with Crippen LogP contribution in [0.1, 0.15) is 18.9 Å². The van der Waals surface area contributed by atoms with Gasteiger partial charge in [-0.3, -0.25) is 4.79 Å². The van der Waals surface area contributed by atoms with Gasteiger partial charge in [-0.25, -0.2) is 0 Å². The molecule has 0 saturated carbocycles. The van der Waals surface area contributed by atoms with Crippen LogP contribution in [0.25, 0.3) is 6.08 Å². The lowest BCUT2D eigenvalue weighted by molar-refractivity contribution is -0.112. The van der Waals surface area contributed by atoms with Gasteiger partial charge in [0.05, 0.1) is 6.61 Å². The molecule has 0 bridgehead atoms. The molecule has 2 rings (SSSR count). The number of nitriles is 1. The summed E-state index contributed by atoms with van der Waals surface area (Å²) in [6.45, 7) is 2.70. The molecule has 2 aromatic rings. The highest BCUT2D eigenvalue weighted by Crippen LogP contribution is 2.17. The second-order valence-corrected chi connectivity index (χ2v) is 5.96. The second kappa shape index (κ2) is 8.90. The molecule has 0 radical (unpaired) electrons. The van der Waals surface area contributed by atoms with E-state index in [2.05, 4.69) is 21.2 Å². The summed E-state index contributed by atoms with van der Waals surface area (Å²) in [6, 6.07) is 16.4. The van der Waals surface area contributed by atoms with Gasteiger partial charge in [-0.15, -0.1) is 0 Å². The van der Waals surface area contributed by atoms with Crippen molar-refractivity contribution in [2.45, 2.75) is 13.3 Å². The quantitative estimate of drug-likeness (QED) is 0.575. The van der Waals surface area contributed by atoms with Gasteiger partial charge >= 0.3 is 0 Å². The third-order valence-corrected chi connectivity index (χ3v) is 3.66. The Balaban J connectivity index is 2.09. The summed E-state index contributed by atoms with van der Waals surface area (Å²) in [5.74, 6) is 0.331. The summed E-state index contributed by atoms with van der Waals surface area (Å²) in [6.07, 6.45) is 2.49. The predicted molar refractivity (Wildman–Crippen MR) is 98.6 cm³/mol. The van der Waals surface area contributed by atoms with Gasteiger partial charge in [0.25, 0.3) is 5.91 Å². The van der Waals surface area contributed by atoms with E-state index in [9.17, 15) is 10.1 Å². The van der Waals surface area contributed by atoms with Crippen molar-refractivity contribution in [3.8, 4) is 11.8 Å². The van der Waals surface area contributed by atoms with E-state index < -0.39 is 5.91 Å². The number of halogens is 1. The minimum Gasteiger partial charge on any atom is -0.494 e. The number of amides is 1. The Labute approximate surface area is 149 Å². The van der Waals surface area contributed by atoms with Gasteiger partial charge in [-0.2, -0.15) is 5.26 Å². The van der Waals surface area contributed by atoms with E-state index in [4.69, 9.17) is 4.74 Å². The van der Waals surface area contributed by atoms with Crippen molar-refractivity contribution in [3.63, 3.8) is 0 Å². The highest BCUT2D eigenvalue weighted by molar-refractivity contribution is 9.10. The first-order valence-corrected chi connectivity index (χ1v) is 8.33. The average Bonchev–Trinajstić information content (AvgIpc) is 2.60. The van der Waals surface area contributed by atoms with E-state index in [1.807, 2.05) is 49.4 Å². The molecule has 0 atom stereocenters. The molecule has 4 nitrogen and oxygen atoms in total. The Kier molecular flexibility index (Phi) is 6.59. The maximum atomic E-state index is 12.2. The minimum absolute atomic E-state index is 0.0418. The zero-order chi connectivity index (χ0) is 17.4. The molecule has 0 aromatic heterocycles. The van der Waals surface area contributed by atoms with Crippen molar-refractivity contribution in [2.75, 3.05) is 11.9 Å². The van der Waals surface area contributed by atoms with E-state index in [1.165, 1.54) is 0 Å². The van der Waals surface area contributed by atoms with Gasteiger partial charge in [0.1, 0.15) is 17.4 Å². The summed E-state index contributed by atoms with van der Waals surface area (Å²) in [5.41, 5.74) is 1.44. The van der Waals surface area contributed by atoms with Crippen LogP contribution in [0.3, 0.4) is 0 Å². The number of rotatable bonds is 6. The van der Waals surface area contributed by atoms with Gasteiger partial charge in [0.2, 0.25) is 0 Å². The Morgan fingerprint density at radius 2 is 1.88 bits per heavy atom. The van der Waals surface area contributed by atoms with Crippen LogP contribution >= 0.6 is 15.9 Å². The molecule has 0 aliphatic rings. The van der Waals surface area contributed by atoms with E-state index >= 15 is 0 Å². The third kappa shape index (κ3) is 5.25. The number of ether oxygens (including phenoxy) is 1. The largest absolute Gasteiger partial charge is 0.494 e. The molecule has 0 spiro atoms. The Morgan fingerprint density at radius 3 is 2.46 bits per heavy atom. The van der Waals surface area contributed by atoms with Crippen LogP contribution in [-0.2, 0) is 4.79 Å². The molecule has 0 saturated heterocycles. The van der Waals surface area contributed by atoms with Gasteiger partial charge in [-0.1, -0.05) is 35.0 Å². The number of hydrogen-bond acceptors (Lipinski definition) is 3. The predicted octanol–water partition coefficient (Wildman–Crippen LogP) is 4.78. The molecule has 0 heterocycles. The monoisotopic (exact) mass is 384 g/mol. The zero-order valence-electron chi connectivity index (χ0n) is 13.3. The first-order chi connectivity index (χ1) is 11.6.